The van der Waals surface area contributed by atoms with E-state index in [1.165, 1.54) is 0 Å². The molecule has 5 heteroatoms. The Labute approximate surface area is 83.2 Å². The van der Waals surface area contributed by atoms with Gasteiger partial charge in [-0.15, -0.1) is 0 Å². The summed E-state index contributed by atoms with van der Waals surface area (Å²) in [5, 5.41) is 0. The predicted octanol–water partition coefficient (Wildman–Crippen LogP) is 0.482. The van der Waals surface area contributed by atoms with Crippen LogP contribution in [0.4, 0.5) is 0 Å². The Balaban J connectivity index is 2.12. The minimum absolute atomic E-state index is 0.208. The van der Waals surface area contributed by atoms with Crippen molar-refractivity contribution < 1.29 is 23.7 Å². The quantitative estimate of drug-likeness (QED) is 0.654. The molecule has 0 saturated carbocycles. The Bertz CT molecular complexity index is 197. The van der Waals surface area contributed by atoms with Gasteiger partial charge in [0, 0.05) is 14.2 Å². The molecule has 0 aliphatic carbocycles. The van der Waals surface area contributed by atoms with Crippen LogP contribution in [0, 0.1) is 0 Å². The molecule has 0 bridgehead atoms. The van der Waals surface area contributed by atoms with Crippen molar-refractivity contribution in [1.82, 2.24) is 0 Å². The first kappa shape index (κ1) is 10.3. The average Bonchev–Trinajstić information content (AvgIpc) is 2.57. The lowest BCUT2D eigenvalue weighted by molar-refractivity contribution is -0.264. The Morgan fingerprint density at radius 2 is 1.36 bits per heavy atom. The lowest BCUT2D eigenvalue weighted by atomic mass is 10.2. The van der Waals surface area contributed by atoms with Crippen LogP contribution in [-0.4, -0.2) is 44.8 Å². The zero-order valence-electron chi connectivity index (χ0n) is 8.85. The summed E-state index contributed by atoms with van der Waals surface area (Å²) in [7, 11) is 3.16. The van der Waals surface area contributed by atoms with Crippen molar-refractivity contribution in [2.45, 2.75) is 44.4 Å². The highest BCUT2D eigenvalue weighted by atomic mass is 16.8. The highest BCUT2D eigenvalue weighted by Gasteiger charge is 2.55. The predicted molar refractivity (Wildman–Crippen MR) is 46.5 cm³/mol. The number of methoxy groups -OCH3 is 2. The van der Waals surface area contributed by atoms with Gasteiger partial charge in [0.25, 0.3) is 0 Å². The normalized spacial score (nSPS) is 45.4. The lowest BCUT2D eigenvalue weighted by Crippen LogP contribution is -2.30. The van der Waals surface area contributed by atoms with Gasteiger partial charge in [-0.2, -0.15) is 0 Å². The molecule has 0 aromatic heterocycles. The largest absolute Gasteiger partial charge is 0.353 e. The minimum Gasteiger partial charge on any atom is -0.353 e. The fourth-order valence-corrected chi connectivity index (χ4v) is 1.90. The van der Waals surface area contributed by atoms with Gasteiger partial charge in [-0.1, -0.05) is 0 Å². The van der Waals surface area contributed by atoms with E-state index in [4.69, 9.17) is 23.7 Å². The molecular weight excluding hydrogens is 188 g/mol. The summed E-state index contributed by atoms with van der Waals surface area (Å²) in [5.74, 6) is -0.591. The van der Waals surface area contributed by atoms with E-state index in [2.05, 4.69) is 0 Å². The summed E-state index contributed by atoms with van der Waals surface area (Å²) in [5.41, 5.74) is 0. The van der Waals surface area contributed by atoms with Gasteiger partial charge in [-0.25, -0.2) is 0 Å². The molecule has 0 N–H and O–H groups in total. The maximum absolute atomic E-state index is 5.66. The molecule has 2 saturated heterocycles. The maximum atomic E-state index is 5.66. The van der Waals surface area contributed by atoms with Gasteiger partial charge >= 0.3 is 0 Å². The second-order valence-corrected chi connectivity index (χ2v) is 3.91. The first-order valence-electron chi connectivity index (χ1n) is 4.64. The van der Waals surface area contributed by atoms with Crippen LogP contribution in [0.15, 0.2) is 0 Å². The molecule has 4 atom stereocenters. The van der Waals surface area contributed by atoms with Crippen LogP contribution in [0.2, 0.25) is 0 Å². The van der Waals surface area contributed by atoms with Crippen LogP contribution in [0.3, 0.4) is 0 Å². The Hall–Kier alpha value is -0.200. The lowest BCUT2D eigenvalue weighted by Gasteiger charge is -2.22. The monoisotopic (exact) mass is 204 g/mol. The molecule has 2 aliphatic heterocycles. The summed E-state index contributed by atoms with van der Waals surface area (Å²) in [4.78, 5) is 0. The molecule has 4 unspecified atom stereocenters. The van der Waals surface area contributed by atoms with E-state index in [1.54, 1.807) is 14.2 Å². The van der Waals surface area contributed by atoms with Crippen LogP contribution in [-0.2, 0) is 23.7 Å². The standard InChI is InChI=1S/C9H16O5/c1-9(2)13-5-6(14-9)8(11-4)12-7(5)10-3/h5-8H,1-4H3. The summed E-state index contributed by atoms with van der Waals surface area (Å²) in [6, 6.07) is 0. The summed E-state index contributed by atoms with van der Waals surface area (Å²) in [6.07, 6.45) is -1.24. The summed E-state index contributed by atoms with van der Waals surface area (Å²) >= 11 is 0. The van der Waals surface area contributed by atoms with Gasteiger partial charge in [0.2, 0.25) is 0 Å². The van der Waals surface area contributed by atoms with Gasteiger partial charge in [0.05, 0.1) is 0 Å². The van der Waals surface area contributed by atoms with Gasteiger partial charge in [0.1, 0.15) is 12.2 Å². The van der Waals surface area contributed by atoms with E-state index < -0.39 is 18.4 Å². The van der Waals surface area contributed by atoms with E-state index in [0.29, 0.717) is 0 Å². The SMILES string of the molecule is COC1OC(OC)C2OC(C)(C)OC12. The van der Waals surface area contributed by atoms with E-state index in [1.807, 2.05) is 13.8 Å². The smallest absolute Gasteiger partial charge is 0.189 e. The zero-order chi connectivity index (χ0) is 10.3. The number of hydrogen-bond acceptors (Lipinski definition) is 5. The molecule has 0 aromatic rings. The van der Waals surface area contributed by atoms with Crippen LogP contribution in [0.5, 0.6) is 0 Å². The highest BCUT2D eigenvalue weighted by Crippen LogP contribution is 2.38. The van der Waals surface area contributed by atoms with Crippen molar-refractivity contribution in [3.8, 4) is 0 Å². The van der Waals surface area contributed by atoms with Crippen LogP contribution >= 0.6 is 0 Å². The summed E-state index contributed by atoms with van der Waals surface area (Å²) in [6.45, 7) is 3.73. The first-order valence-corrected chi connectivity index (χ1v) is 4.64. The molecule has 14 heavy (non-hydrogen) atoms. The molecule has 0 aromatic carbocycles. The third kappa shape index (κ3) is 1.55. The van der Waals surface area contributed by atoms with E-state index in [0.717, 1.165) is 0 Å². The Morgan fingerprint density at radius 3 is 1.71 bits per heavy atom. The van der Waals surface area contributed by atoms with Crippen molar-refractivity contribution >= 4 is 0 Å². The van der Waals surface area contributed by atoms with Crippen molar-refractivity contribution in [1.29, 1.82) is 0 Å². The van der Waals surface area contributed by atoms with Gasteiger partial charge in [-0.3, -0.25) is 0 Å². The number of hydrogen-bond donors (Lipinski definition) is 0. The van der Waals surface area contributed by atoms with Crippen LogP contribution < -0.4 is 0 Å². The van der Waals surface area contributed by atoms with Crippen LogP contribution in [0.25, 0.3) is 0 Å². The molecule has 0 amide bonds. The topological polar surface area (TPSA) is 46.2 Å². The van der Waals surface area contributed by atoms with Crippen molar-refractivity contribution in [3.63, 3.8) is 0 Å². The molecule has 82 valence electrons. The number of fused-ring (bicyclic) bond motifs is 1. The van der Waals surface area contributed by atoms with E-state index in [9.17, 15) is 0 Å². The molecule has 2 rings (SSSR count). The third-order valence-electron chi connectivity index (χ3n) is 2.43. The van der Waals surface area contributed by atoms with Crippen molar-refractivity contribution in [2.75, 3.05) is 14.2 Å². The third-order valence-corrected chi connectivity index (χ3v) is 2.43. The molecule has 0 radical (unpaired) electrons. The molecule has 5 nitrogen and oxygen atoms in total. The van der Waals surface area contributed by atoms with E-state index in [-0.39, 0.29) is 12.2 Å². The second-order valence-electron chi connectivity index (χ2n) is 3.91. The fourth-order valence-electron chi connectivity index (χ4n) is 1.90. The average molecular weight is 204 g/mol. The molecule has 0 spiro atoms. The van der Waals surface area contributed by atoms with Crippen LogP contribution in [0.1, 0.15) is 13.8 Å². The zero-order valence-corrected chi connectivity index (χ0v) is 8.85. The highest BCUT2D eigenvalue weighted by molar-refractivity contribution is 4.91. The maximum Gasteiger partial charge on any atom is 0.189 e. The van der Waals surface area contributed by atoms with Gasteiger partial charge in [-0.05, 0) is 13.8 Å². The van der Waals surface area contributed by atoms with Gasteiger partial charge < -0.3 is 23.7 Å². The second kappa shape index (κ2) is 3.43. The Kier molecular flexibility index (Phi) is 2.53. The minimum atomic E-state index is -0.591. The number of rotatable bonds is 2. The number of ether oxygens (including phenoxy) is 5. The molecule has 2 aliphatic rings. The fraction of sp³-hybridized carbons (Fsp3) is 1.00. The van der Waals surface area contributed by atoms with Crippen molar-refractivity contribution in [2.24, 2.45) is 0 Å². The molecular formula is C9H16O5. The molecule has 2 heterocycles. The van der Waals surface area contributed by atoms with Crippen molar-refractivity contribution in [3.05, 3.63) is 0 Å². The Morgan fingerprint density at radius 1 is 0.929 bits per heavy atom. The van der Waals surface area contributed by atoms with Gasteiger partial charge in [0.15, 0.2) is 18.4 Å². The van der Waals surface area contributed by atoms with E-state index >= 15 is 0 Å². The summed E-state index contributed by atoms with van der Waals surface area (Å²) < 4.78 is 27.0. The first-order chi connectivity index (χ1) is 6.57. The molecule has 2 fully saturated rings.